The first-order chi connectivity index (χ1) is 34.5. The third-order valence-electron chi connectivity index (χ3n) is 14.2. The molecule has 0 amide bonds. The van der Waals surface area contributed by atoms with Crippen molar-refractivity contribution >= 4 is 17.9 Å². The lowest BCUT2D eigenvalue weighted by atomic mass is 10.0. The molecule has 0 heterocycles. The summed E-state index contributed by atoms with van der Waals surface area (Å²) in [6.07, 6.45) is 70.8. The summed E-state index contributed by atoms with van der Waals surface area (Å²) >= 11 is 0. The van der Waals surface area contributed by atoms with Crippen LogP contribution in [0.15, 0.2) is 24.3 Å². The lowest BCUT2D eigenvalue weighted by Gasteiger charge is -2.18. The maximum Gasteiger partial charge on any atom is 0.306 e. The summed E-state index contributed by atoms with van der Waals surface area (Å²) in [6.45, 7) is 6.63. The molecule has 0 saturated heterocycles. The van der Waals surface area contributed by atoms with Crippen molar-refractivity contribution in [3.8, 4) is 0 Å². The third-order valence-corrected chi connectivity index (χ3v) is 14.2. The van der Waals surface area contributed by atoms with Gasteiger partial charge in [-0.05, 0) is 51.4 Å². The maximum atomic E-state index is 12.8. The normalized spacial score (nSPS) is 12.1. The zero-order valence-electron chi connectivity index (χ0n) is 47.3. The van der Waals surface area contributed by atoms with E-state index in [2.05, 4.69) is 45.1 Å². The zero-order valence-corrected chi connectivity index (χ0v) is 47.3. The number of carbonyl (C=O) groups excluding carboxylic acids is 3. The van der Waals surface area contributed by atoms with Crippen molar-refractivity contribution in [2.75, 3.05) is 13.2 Å². The second-order valence-electron chi connectivity index (χ2n) is 21.3. The van der Waals surface area contributed by atoms with Crippen molar-refractivity contribution in [2.45, 2.75) is 354 Å². The second-order valence-corrected chi connectivity index (χ2v) is 21.3. The standard InChI is InChI=1S/C64H120O6/c1-4-7-10-13-16-18-20-22-24-26-28-30-31-32-33-35-36-38-40-42-44-46-48-51-54-57-63(66)69-60-61(59-68-62(65)56-53-50-15-12-9-6-3)70-64(67)58-55-52-49-47-45-43-41-39-37-34-29-27-25-23-21-19-17-14-11-8-5-2/h21,23,27,29,61H,4-20,22,24-26,28,30-60H2,1-3H3/b23-21-,29-27-. The highest BCUT2D eigenvalue weighted by atomic mass is 16.6. The van der Waals surface area contributed by atoms with E-state index in [1.165, 1.54) is 244 Å². The second kappa shape index (κ2) is 59.5. The summed E-state index contributed by atoms with van der Waals surface area (Å²) < 4.78 is 16.8. The predicted octanol–water partition coefficient (Wildman–Crippen LogP) is 21.1. The molecular formula is C64H120O6. The first kappa shape index (κ1) is 67.9. The fourth-order valence-corrected chi connectivity index (χ4v) is 9.48. The number of carbonyl (C=O) groups is 3. The number of ether oxygens (including phenoxy) is 3. The van der Waals surface area contributed by atoms with Gasteiger partial charge in [-0.15, -0.1) is 0 Å². The minimum absolute atomic E-state index is 0.0682. The van der Waals surface area contributed by atoms with E-state index in [9.17, 15) is 14.4 Å². The van der Waals surface area contributed by atoms with Crippen LogP contribution < -0.4 is 0 Å². The van der Waals surface area contributed by atoms with E-state index in [0.29, 0.717) is 19.3 Å². The van der Waals surface area contributed by atoms with Gasteiger partial charge in [0.1, 0.15) is 13.2 Å². The molecule has 0 N–H and O–H groups in total. The van der Waals surface area contributed by atoms with Crippen molar-refractivity contribution in [1.82, 2.24) is 0 Å². The Kier molecular flexibility index (Phi) is 57.7. The van der Waals surface area contributed by atoms with Crippen LogP contribution in [-0.2, 0) is 28.6 Å². The molecule has 412 valence electrons. The number of rotatable bonds is 58. The smallest absolute Gasteiger partial charge is 0.306 e. The van der Waals surface area contributed by atoms with Gasteiger partial charge in [-0.1, -0.05) is 302 Å². The van der Waals surface area contributed by atoms with Gasteiger partial charge in [0.15, 0.2) is 6.10 Å². The highest BCUT2D eigenvalue weighted by Crippen LogP contribution is 2.18. The van der Waals surface area contributed by atoms with Crippen molar-refractivity contribution < 1.29 is 28.6 Å². The molecule has 1 unspecified atom stereocenters. The summed E-state index contributed by atoms with van der Waals surface area (Å²) in [7, 11) is 0. The summed E-state index contributed by atoms with van der Waals surface area (Å²) in [5.74, 6) is -0.861. The number of unbranched alkanes of at least 4 members (excludes halogenated alkanes) is 43. The Morgan fingerprint density at radius 2 is 0.514 bits per heavy atom. The van der Waals surface area contributed by atoms with E-state index in [0.717, 1.165) is 64.2 Å². The minimum Gasteiger partial charge on any atom is -0.462 e. The Bertz CT molecular complexity index is 1130. The molecule has 0 rings (SSSR count). The minimum atomic E-state index is -0.767. The summed E-state index contributed by atoms with van der Waals surface area (Å²) in [6, 6.07) is 0. The summed E-state index contributed by atoms with van der Waals surface area (Å²) in [4.78, 5) is 38.0. The molecule has 1 atom stereocenters. The number of hydrogen-bond donors (Lipinski definition) is 0. The van der Waals surface area contributed by atoms with Crippen molar-refractivity contribution in [1.29, 1.82) is 0 Å². The fourth-order valence-electron chi connectivity index (χ4n) is 9.48. The fraction of sp³-hybridized carbons (Fsp3) is 0.891. The van der Waals surface area contributed by atoms with Crippen LogP contribution >= 0.6 is 0 Å². The van der Waals surface area contributed by atoms with E-state index in [4.69, 9.17) is 14.2 Å². The van der Waals surface area contributed by atoms with Crippen LogP contribution in [0.1, 0.15) is 348 Å². The molecule has 0 spiro atoms. The lowest BCUT2D eigenvalue weighted by molar-refractivity contribution is -0.167. The molecule has 6 nitrogen and oxygen atoms in total. The Labute approximate surface area is 436 Å². The lowest BCUT2D eigenvalue weighted by Crippen LogP contribution is -2.30. The first-order valence-electron chi connectivity index (χ1n) is 31.3. The van der Waals surface area contributed by atoms with E-state index >= 15 is 0 Å². The van der Waals surface area contributed by atoms with Crippen LogP contribution in [0.4, 0.5) is 0 Å². The van der Waals surface area contributed by atoms with Crippen molar-refractivity contribution in [3.05, 3.63) is 24.3 Å². The average Bonchev–Trinajstić information content (AvgIpc) is 3.36. The highest BCUT2D eigenvalue weighted by molar-refractivity contribution is 5.71. The van der Waals surface area contributed by atoms with Gasteiger partial charge >= 0.3 is 17.9 Å². The molecule has 0 aliphatic heterocycles. The Morgan fingerprint density at radius 3 is 0.786 bits per heavy atom. The van der Waals surface area contributed by atoms with Crippen LogP contribution in [0, 0.1) is 0 Å². The van der Waals surface area contributed by atoms with Crippen LogP contribution in [0.5, 0.6) is 0 Å². The summed E-state index contributed by atoms with van der Waals surface area (Å²) in [5.41, 5.74) is 0. The predicted molar refractivity (Wildman–Crippen MR) is 303 cm³/mol. The van der Waals surface area contributed by atoms with Gasteiger partial charge in [-0.2, -0.15) is 0 Å². The molecule has 0 aliphatic carbocycles. The van der Waals surface area contributed by atoms with E-state index in [1.807, 2.05) is 0 Å². The van der Waals surface area contributed by atoms with Crippen LogP contribution in [0.3, 0.4) is 0 Å². The molecule has 6 heteroatoms. The molecule has 0 radical (unpaired) electrons. The largest absolute Gasteiger partial charge is 0.462 e. The topological polar surface area (TPSA) is 78.9 Å². The van der Waals surface area contributed by atoms with Gasteiger partial charge in [0, 0.05) is 19.3 Å². The molecular weight excluding hydrogens is 865 g/mol. The van der Waals surface area contributed by atoms with Gasteiger partial charge in [0.25, 0.3) is 0 Å². The Balaban J connectivity index is 4.04. The third kappa shape index (κ3) is 56.8. The van der Waals surface area contributed by atoms with Crippen molar-refractivity contribution in [2.24, 2.45) is 0 Å². The molecule has 0 saturated carbocycles. The molecule has 0 bridgehead atoms. The quantitative estimate of drug-likeness (QED) is 0.0261. The van der Waals surface area contributed by atoms with Gasteiger partial charge in [0.2, 0.25) is 0 Å². The van der Waals surface area contributed by atoms with E-state index in [-0.39, 0.29) is 31.1 Å². The molecule has 0 fully saturated rings. The number of allylic oxidation sites excluding steroid dienone is 4. The van der Waals surface area contributed by atoms with Gasteiger partial charge in [-0.25, -0.2) is 0 Å². The molecule has 0 aromatic heterocycles. The zero-order chi connectivity index (χ0) is 50.7. The molecule has 0 aliphatic rings. The molecule has 70 heavy (non-hydrogen) atoms. The van der Waals surface area contributed by atoms with Crippen molar-refractivity contribution in [3.63, 3.8) is 0 Å². The summed E-state index contributed by atoms with van der Waals surface area (Å²) in [5, 5.41) is 0. The molecule has 0 aromatic carbocycles. The SMILES string of the molecule is CCCCCCC/C=C\C/C=C\CCCCCCCCCCCC(=O)OC(COC(=O)CCCCCCCC)COC(=O)CCCCCCCCCCCCCCCCCCCCCCCCCCC. The first-order valence-corrected chi connectivity index (χ1v) is 31.3. The highest BCUT2D eigenvalue weighted by Gasteiger charge is 2.19. The average molecular weight is 986 g/mol. The van der Waals surface area contributed by atoms with Gasteiger partial charge < -0.3 is 14.2 Å². The monoisotopic (exact) mass is 985 g/mol. The Hall–Kier alpha value is -2.11. The maximum absolute atomic E-state index is 12.8. The number of esters is 3. The van der Waals surface area contributed by atoms with Gasteiger partial charge in [-0.3, -0.25) is 14.4 Å². The van der Waals surface area contributed by atoms with Crippen LogP contribution in [-0.4, -0.2) is 37.2 Å². The van der Waals surface area contributed by atoms with Crippen LogP contribution in [0.2, 0.25) is 0 Å². The van der Waals surface area contributed by atoms with Crippen LogP contribution in [0.25, 0.3) is 0 Å². The van der Waals surface area contributed by atoms with Gasteiger partial charge in [0.05, 0.1) is 0 Å². The van der Waals surface area contributed by atoms with E-state index < -0.39 is 6.10 Å². The Morgan fingerprint density at radius 1 is 0.286 bits per heavy atom. The molecule has 0 aromatic rings. The van der Waals surface area contributed by atoms with E-state index in [1.54, 1.807) is 0 Å². The number of hydrogen-bond acceptors (Lipinski definition) is 6.